The number of hydrogen-bond acceptors (Lipinski definition) is 3. The molecule has 14 heavy (non-hydrogen) atoms. The lowest BCUT2D eigenvalue weighted by Crippen LogP contribution is -2.39. The molecule has 1 saturated heterocycles. The fraction of sp³-hybridized carbons (Fsp3) is 0.900. The zero-order chi connectivity index (χ0) is 10.4. The van der Waals surface area contributed by atoms with E-state index in [9.17, 15) is 4.79 Å². The van der Waals surface area contributed by atoms with Crippen LogP contribution in [0.3, 0.4) is 0 Å². The predicted molar refractivity (Wildman–Crippen MR) is 54.9 cm³/mol. The summed E-state index contributed by atoms with van der Waals surface area (Å²) in [7, 11) is 0. The first kappa shape index (κ1) is 11.5. The highest BCUT2D eigenvalue weighted by molar-refractivity contribution is 5.76. The summed E-state index contributed by atoms with van der Waals surface area (Å²) in [6.07, 6.45) is 3.56. The van der Waals surface area contributed by atoms with Gasteiger partial charge in [0.05, 0.1) is 12.6 Å². The van der Waals surface area contributed by atoms with Crippen LogP contribution in [0, 0.1) is 0 Å². The molecule has 0 spiro atoms. The summed E-state index contributed by atoms with van der Waals surface area (Å²) < 4.78 is 0. The van der Waals surface area contributed by atoms with Gasteiger partial charge in [0.15, 0.2) is 0 Å². The van der Waals surface area contributed by atoms with Crippen LogP contribution in [-0.2, 0) is 4.79 Å². The van der Waals surface area contributed by atoms with Gasteiger partial charge in [-0.15, -0.1) is 0 Å². The lowest BCUT2D eigenvalue weighted by molar-refractivity contribution is -0.122. The number of hydrogen-bond donors (Lipinski definition) is 3. The van der Waals surface area contributed by atoms with Gasteiger partial charge in [0.2, 0.25) is 5.91 Å². The second-order valence-electron chi connectivity index (χ2n) is 3.85. The monoisotopic (exact) mass is 200 g/mol. The average Bonchev–Trinajstić information content (AvgIpc) is 2.66. The van der Waals surface area contributed by atoms with Gasteiger partial charge in [-0.1, -0.05) is 6.92 Å². The largest absolute Gasteiger partial charge is 0.394 e. The fourth-order valence-electron chi connectivity index (χ4n) is 1.72. The topological polar surface area (TPSA) is 61.4 Å². The van der Waals surface area contributed by atoms with E-state index in [0.717, 1.165) is 25.8 Å². The van der Waals surface area contributed by atoms with Crippen molar-refractivity contribution >= 4 is 5.91 Å². The van der Waals surface area contributed by atoms with Crippen LogP contribution in [0.15, 0.2) is 0 Å². The summed E-state index contributed by atoms with van der Waals surface area (Å²) in [6, 6.07) is 0.259. The Morgan fingerprint density at radius 1 is 1.71 bits per heavy atom. The van der Waals surface area contributed by atoms with Gasteiger partial charge in [0.1, 0.15) is 0 Å². The van der Waals surface area contributed by atoms with E-state index in [1.54, 1.807) is 0 Å². The standard InChI is InChI=1S/C10H20N2O2/c1-2-8(7-13)12-10(14)6-9-4-3-5-11-9/h8-9,11,13H,2-7H2,1H3,(H,12,14)/t8-,9?/m0/s1. The van der Waals surface area contributed by atoms with E-state index < -0.39 is 0 Å². The summed E-state index contributed by atoms with van der Waals surface area (Å²) >= 11 is 0. The third-order valence-electron chi connectivity index (χ3n) is 2.67. The van der Waals surface area contributed by atoms with Crippen LogP contribution in [-0.4, -0.2) is 36.2 Å². The number of aliphatic hydroxyl groups is 1. The van der Waals surface area contributed by atoms with Crippen molar-refractivity contribution in [2.24, 2.45) is 0 Å². The SMILES string of the molecule is CC[C@@H](CO)NC(=O)CC1CCCN1. The van der Waals surface area contributed by atoms with Crippen LogP contribution in [0.5, 0.6) is 0 Å². The second-order valence-corrected chi connectivity index (χ2v) is 3.85. The predicted octanol–water partition coefficient (Wildman–Crippen LogP) is 0.0156. The molecule has 0 bridgehead atoms. The first-order valence-corrected chi connectivity index (χ1v) is 5.39. The third-order valence-corrected chi connectivity index (χ3v) is 2.67. The molecule has 2 atom stereocenters. The number of rotatable bonds is 5. The quantitative estimate of drug-likeness (QED) is 0.586. The maximum absolute atomic E-state index is 11.5. The average molecular weight is 200 g/mol. The first-order valence-electron chi connectivity index (χ1n) is 5.39. The van der Waals surface area contributed by atoms with Gasteiger partial charge in [-0.05, 0) is 25.8 Å². The van der Waals surface area contributed by atoms with E-state index in [4.69, 9.17) is 5.11 Å². The summed E-state index contributed by atoms with van der Waals surface area (Å²) in [4.78, 5) is 11.5. The Bertz CT molecular complexity index is 169. The maximum atomic E-state index is 11.5. The molecule has 1 rings (SSSR count). The zero-order valence-electron chi connectivity index (χ0n) is 8.75. The van der Waals surface area contributed by atoms with Crippen LogP contribution in [0.1, 0.15) is 32.6 Å². The van der Waals surface area contributed by atoms with Gasteiger partial charge in [-0.2, -0.15) is 0 Å². The molecule has 4 heteroatoms. The van der Waals surface area contributed by atoms with Crippen molar-refractivity contribution in [1.82, 2.24) is 10.6 Å². The molecule has 0 saturated carbocycles. The molecule has 82 valence electrons. The Balaban J connectivity index is 2.20. The molecule has 3 N–H and O–H groups in total. The summed E-state index contributed by atoms with van der Waals surface area (Å²) in [5.74, 6) is 0.0466. The Morgan fingerprint density at radius 3 is 3.00 bits per heavy atom. The van der Waals surface area contributed by atoms with Crippen LogP contribution in [0.25, 0.3) is 0 Å². The van der Waals surface area contributed by atoms with Crippen molar-refractivity contribution in [2.45, 2.75) is 44.7 Å². The molecule has 1 heterocycles. The van der Waals surface area contributed by atoms with E-state index in [-0.39, 0.29) is 18.6 Å². The molecule has 0 aromatic carbocycles. The lowest BCUT2D eigenvalue weighted by atomic mass is 10.1. The van der Waals surface area contributed by atoms with Crippen molar-refractivity contribution in [3.8, 4) is 0 Å². The van der Waals surface area contributed by atoms with Gasteiger partial charge in [0.25, 0.3) is 0 Å². The summed E-state index contributed by atoms with van der Waals surface area (Å²) in [5.41, 5.74) is 0. The number of carbonyl (C=O) groups is 1. The summed E-state index contributed by atoms with van der Waals surface area (Å²) in [6.45, 7) is 3.00. The highest BCUT2D eigenvalue weighted by Crippen LogP contribution is 2.08. The third kappa shape index (κ3) is 3.64. The Labute approximate surface area is 85.1 Å². The smallest absolute Gasteiger partial charge is 0.221 e. The van der Waals surface area contributed by atoms with Crippen molar-refractivity contribution in [3.05, 3.63) is 0 Å². The van der Waals surface area contributed by atoms with Crippen molar-refractivity contribution in [3.63, 3.8) is 0 Å². The zero-order valence-corrected chi connectivity index (χ0v) is 8.75. The number of nitrogens with one attached hydrogen (secondary N) is 2. The molecule has 0 aromatic rings. The lowest BCUT2D eigenvalue weighted by Gasteiger charge is -2.16. The maximum Gasteiger partial charge on any atom is 0.221 e. The van der Waals surface area contributed by atoms with Gasteiger partial charge >= 0.3 is 0 Å². The fourth-order valence-corrected chi connectivity index (χ4v) is 1.72. The molecular weight excluding hydrogens is 180 g/mol. The molecule has 1 aliphatic heterocycles. The number of aliphatic hydroxyl groups excluding tert-OH is 1. The molecule has 1 aliphatic rings. The minimum Gasteiger partial charge on any atom is -0.394 e. The van der Waals surface area contributed by atoms with Crippen molar-refractivity contribution in [2.75, 3.05) is 13.2 Å². The van der Waals surface area contributed by atoms with Crippen molar-refractivity contribution in [1.29, 1.82) is 0 Å². The number of amides is 1. The van der Waals surface area contributed by atoms with E-state index in [2.05, 4.69) is 10.6 Å². The Morgan fingerprint density at radius 2 is 2.50 bits per heavy atom. The molecule has 0 radical (unpaired) electrons. The molecule has 1 amide bonds. The number of carbonyl (C=O) groups excluding carboxylic acids is 1. The minimum atomic E-state index is -0.0797. The highest BCUT2D eigenvalue weighted by Gasteiger charge is 2.18. The highest BCUT2D eigenvalue weighted by atomic mass is 16.3. The van der Waals surface area contributed by atoms with Crippen LogP contribution >= 0.6 is 0 Å². The van der Waals surface area contributed by atoms with Crippen LogP contribution < -0.4 is 10.6 Å². The normalized spacial score (nSPS) is 23.4. The van der Waals surface area contributed by atoms with E-state index in [1.165, 1.54) is 0 Å². The van der Waals surface area contributed by atoms with E-state index >= 15 is 0 Å². The van der Waals surface area contributed by atoms with Crippen LogP contribution in [0.2, 0.25) is 0 Å². The molecule has 0 aliphatic carbocycles. The van der Waals surface area contributed by atoms with E-state index in [1.807, 2.05) is 6.92 Å². The molecule has 1 fully saturated rings. The van der Waals surface area contributed by atoms with E-state index in [0.29, 0.717) is 12.5 Å². The van der Waals surface area contributed by atoms with Gasteiger partial charge < -0.3 is 15.7 Å². The summed E-state index contributed by atoms with van der Waals surface area (Å²) in [5, 5.41) is 15.0. The van der Waals surface area contributed by atoms with Gasteiger partial charge in [-0.3, -0.25) is 4.79 Å². The minimum absolute atomic E-state index is 0.0281. The molecule has 1 unspecified atom stereocenters. The Hall–Kier alpha value is -0.610. The first-order chi connectivity index (χ1) is 6.76. The molecule has 4 nitrogen and oxygen atoms in total. The molecule has 0 aromatic heterocycles. The Kier molecular flexibility index (Phi) is 4.90. The van der Waals surface area contributed by atoms with Gasteiger partial charge in [-0.25, -0.2) is 0 Å². The van der Waals surface area contributed by atoms with Crippen LogP contribution in [0.4, 0.5) is 0 Å². The second kappa shape index (κ2) is 5.98. The van der Waals surface area contributed by atoms with Crippen molar-refractivity contribution < 1.29 is 9.90 Å². The van der Waals surface area contributed by atoms with Gasteiger partial charge in [0, 0.05) is 12.5 Å². The molecular formula is C10H20N2O2.